The van der Waals surface area contributed by atoms with Gasteiger partial charge in [-0.1, -0.05) is 35.8 Å². The molecule has 170 valence electrons. The smallest absolute Gasteiger partial charge is 0.391 e. The van der Waals surface area contributed by atoms with E-state index in [4.69, 9.17) is 16.4 Å². The first-order valence-corrected chi connectivity index (χ1v) is 10.3. The number of alkyl halides is 6. The monoisotopic (exact) mass is 488 g/mol. The molecule has 0 aliphatic carbocycles. The molecule has 0 aliphatic rings. The third-order valence-electron chi connectivity index (χ3n) is 3.84. The number of halogens is 7. The number of nitrogens with zero attached hydrogens (tertiary/aromatic N) is 1. The van der Waals surface area contributed by atoms with Crippen LogP contribution in [-0.2, 0) is 27.6 Å². The quantitative estimate of drug-likeness (QED) is 0.297. The van der Waals surface area contributed by atoms with E-state index in [9.17, 15) is 34.8 Å². The van der Waals surface area contributed by atoms with Crippen LogP contribution in [0.4, 0.5) is 32.0 Å². The number of sulfonamides is 1. The Balaban J connectivity index is 2.30. The predicted molar refractivity (Wildman–Crippen MR) is 103 cm³/mol. The van der Waals surface area contributed by atoms with Gasteiger partial charge >= 0.3 is 21.7 Å². The third-order valence-corrected chi connectivity index (χ3v) is 5.17. The maximum Gasteiger partial charge on any atom is 0.516 e. The average Bonchev–Trinajstić information content (AvgIpc) is 2.65. The summed E-state index contributed by atoms with van der Waals surface area (Å²) in [6.45, 7) is 1.20. The average molecular weight is 489 g/mol. The van der Waals surface area contributed by atoms with Crippen molar-refractivity contribution in [2.45, 2.75) is 31.6 Å². The zero-order valence-corrected chi connectivity index (χ0v) is 17.3. The Morgan fingerprint density at radius 3 is 2.35 bits per heavy atom. The predicted octanol–water partition coefficient (Wildman–Crippen LogP) is 5.95. The van der Waals surface area contributed by atoms with Gasteiger partial charge in [-0.25, -0.2) is 0 Å². The summed E-state index contributed by atoms with van der Waals surface area (Å²) >= 11 is 5.87. The number of hydrogen-bond donors (Lipinski definition) is 1. The largest absolute Gasteiger partial charge is 0.516 e. The van der Waals surface area contributed by atoms with Crippen molar-refractivity contribution in [3.63, 3.8) is 0 Å². The maximum atomic E-state index is 12.8. The Labute approximate surface area is 178 Å². The van der Waals surface area contributed by atoms with Crippen LogP contribution in [0.3, 0.4) is 0 Å². The fourth-order valence-corrected chi connectivity index (χ4v) is 3.13. The zero-order chi connectivity index (χ0) is 23.4. The second-order valence-corrected chi connectivity index (χ2v) is 8.21. The Kier molecular flexibility index (Phi) is 7.48. The highest BCUT2D eigenvalue weighted by atomic mass is 35.5. The molecular formula is C18H15ClF6N2O3S. The number of benzene rings is 2. The van der Waals surface area contributed by atoms with Crippen LogP contribution < -0.4 is 4.72 Å². The van der Waals surface area contributed by atoms with Crippen LogP contribution in [0.1, 0.15) is 30.0 Å². The summed E-state index contributed by atoms with van der Waals surface area (Å²) in [6, 6.07) is 7.70. The van der Waals surface area contributed by atoms with E-state index in [1.165, 1.54) is 29.0 Å². The van der Waals surface area contributed by atoms with Crippen molar-refractivity contribution >= 4 is 33.0 Å². The molecule has 0 amide bonds. The van der Waals surface area contributed by atoms with Gasteiger partial charge in [-0.15, -0.1) is 0 Å². The van der Waals surface area contributed by atoms with Gasteiger partial charge in [-0.05, 0) is 42.3 Å². The van der Waals surface area contributed by atoms with Crippen molar-refractivity contribution in [1.29, 1.82) is 0 Å². The van der Waals surface area contributed by atoms with Crippen LogP contribution in [-0.4, -0.2) is 19.6 Å². The number of nitrogens with one attached hydrogen (secondary N) is 1. The molecule has 5 nitrogen and oxygen atoms in total. The number of rotatable bonds is 7. The lowest BCUT2D eigenvalue weighted by atomic mass is 10.1. The Hall–Kier alpha value is -2.47. The molecule has 2 aromatic rings. The maximum absolute atomic E-state index is 12.8. The van der Waals surface area contributed by atoms with E-state index in [0.717, 1.165) is 18.2 Å². The summed E-state index contributed by atoms with van der Waals surface area (Å²) in [5.74, 6) is 0. The van der Waals surface area contributed by atoms with Crippen LogP contribution in [0.5, 0.6) is 0 Å². The van der Waals surface area contributed by atoms with E-state index in [1.54, 1.807) is 6.92 Å². The number of oxime groups is 1. The summed E-state index contributed by atoms with van der Waals surface area (Å²) in [7, 11) is -5.71. The van der Waals surface area contributed by atoms with Crippen molar-refractivity contribution in [1.82, 2.24) is 0 Å². The first-order valence-electron chi connectivity index (χ1n) is 8.48. The molecule has 31 heavy (non-hydrogen) atoms. The van der Waals surface area contributed by atoms with Crippen molar-refractivity contribution in [3.8, 4) is 0 Å². The van der Waals surface area contributed by atoms with E-state index in [1.807, 2.05) is 0 Å². The number of hydrogen-bond acceptors (Lipinski definition) is 4. The molecule has 0 unspecified atom stereocenters. The first-order chi connectivity index (χ1) is 14.2. The lowest BCUT2D eigenvalue weighted by Gasteiger charge is -2.15. The van der Waals surface area contributed by atoms with Crippen LogP contribution in [0.25, 0.3) is 0 Å². The van der Waals surface area contributed by atoms with E-state index in [0.29, 0.717) is 0 Å². The second-order valence-electron chi connectivity index (χ2n) is 6.10. The van der Waals surface area contributed by atoms with E-state index in [-0.39, 0.29) is 34.9 Å². The van der Waals surface area contributed by atoms with Crippen molar-refractivity contribution in [3.05, 3.63) is 64.2 Å². The molecule has 0 saturated heterocycles. The molecule has 2 rings (SSSR count). The Morgan fingerprint density at radius 1 is 1.10 bits per heavy atom. The zero-order valence-electron chi connectivity index (χ0n) is 15.7. The Morgan fingerprint density at radius 2 is 1.77 bits per heavy atom. The standard InChI is InChI=1S/C18H15ClF6N2O3S/c1-2-15(26-30-10-11-4-3-5-12(8-11)17(20,21)22)14-9-13(19)6-7-16(14)27-31(28,29)18(23,24)25/h3-9,27H,2,10H2,1H3/b26-15+. The van der Waals surface area contributed by atoms with Crippen LogP contribution >= 0.6 is 11.6 Å². The molecule has 0 saturated carbocycles. The summed E-state index contributed by atoms with van der Waals surface area (Å²) in [5.41, 5.74) is -6.77. The highest BCUT2D eigenvalue weighted by Gasteiger charge is 2.46. The molecule has 0 aliphatic heterocycles. The summed E-state index contributed by atoms with van der Waals surface area (Å²) < 4.78 is 101. The molecule has 0 aromatic heterocycles. The van der Waals surface area contributed by atoms with Crippen molar-refractivity contribution in [2.75, 3.05) is 4.72 Å². The van der Waals surface area contributed by atoms with E-state index < -0.39 is 33.0 Å². The molecule has 2 aromatic carbocycles. The van der Waals surface area contributed by atoms with Gasteiger partial charge in [0.2, 0.25) is 0 Å². The SMILES string of the molecule is CC/C(=N\OCc1cccc(C(F)(F)F)c1)c1cc(Cl)ccc1NS(=O)(=O)C(F)(F)F. The van der Waals surface area contributed by atoms with E-state index in [2.05, 4.69) is 5.16 Å². The number of anilines is 1. The highest BCUT2D eigenvalue weighted by molar-refractivity contribution is 7.93. The summed E-state index contributed by atoms with van der Waals surface area (Å²) in [5, 5.41) is 3.84. The molecule has 0 spiro atoms. The van der Waals surface area contributed by atoms with Crippen molar-refractivity contribution in [2.24, 2.45) is 5.16 Å². The molecule has 0 bridgehead atoms. The fourth-order valence-electron chi connectivity index (χ4n) is 2.37. The molecule has 0 heterocycles. The van der Waals surface area contributed by atoms with Gasteiger partial charge in [0.15, 0.2) is 0 Å². The minimum absolute atomic E-state index is 0.0225. The van der Waals surface area contributed by atoms with Gasteiger partial charge in [-0.2, -0.15) is 34.8 Å². The molecule has 1 N–H and O–H groups in total. The molecule has 0 radical (unpaired) electrons. The van der Waals surface area contributed by atoms with Crippen LogP contribution in [0.2, 0.25) is 5.02 Å². The molecular weight excluding hydrogens is 474 g/mol. The normalized spacial score (nSPS) is 13.2. The lowest BCUT2D eigenvalue weighted by molar-refractivity contribution is -0.137. The summed E-state index contributed by atoms with van der Waals surface area (Å²) in [4.78, 5) is 5.07. The molecule has 13 heteroatoms. The Bertz CT molecular complexity index is 1070. The topological polar surface area (TPSA) is 67.8 Å². The van der Waals surface area contributed by atoms with Gasteiger partial charge in [-0.3, -0.25) is 4.72 Å². The van der Waals surface area contributed by atoms with Crippen LogP contribution in [0, 0.1) is 0 Å². The molecule has 0 atom stereocenters. The third kappa shape index (κ3) is 6.50. The minimum Gasteiger partial charge on any atom is -0.391 e. The minimum atomic E-state index is -5.71. The first kappa shape index (κ1) is 24.8. The van der Waals surface area contributed by atoms with Crippen LogP contribution in [0.15, 0.2) is 47.6 Å². The highest BCUT2D eigenvalue weighted by Crippen LogP contribution is 2.31. The van der Waals surface area contributed by atoms with Gasteiger partial charge in [0.25, 0.3) is 0 Å². The fraction of sp³-hybridized carbons (Fsp3) is 0.278. The van der Waals surface area contributed by atoms with Gasteiger partial charge in [0.1, 0.15) is 6.61 Å². The summed E-state index contributed by atoms with van der Waals surface area (Å²) in [6.07, 6.45) is -4.46. The van der Waals surface area contributed by atoms with Crippen molar-refractivity contribution < 1.29 is 39.6 Å². The van der Waals surface area contributed by atoms with Gasteiger partial charge < -0.3 is 4.84 Å². The lowest BCUT2D eigenvalue weighted by Crippen LogP contribution is -2.30. The van der Waals surface area contributed by atoms with Gasteiger partial charge in [0.05, 0.1) is 17.0 Å². The van der Waals surface area contributed by atoms with E-state index >= 15 is 0 Å². The second kappa shape index (κ2) is 9.35. The molecule has 0 fully saturated rings. The van der Waals surface area contributed by atoms with Gasteiger partial charge in [0, 0.05) is 10.6 Å².